The first-order valence-electron chi connectivity index (χ1n) is 15.4. The van der Waals surface area contributed by atoms with E-state index in [-0.39, 0.29) is 12.3 Å². The van der Waals surface area contributed by atoms with Crippen LogP contribution < -0.4 is 10.6 Å². The Bertz CT molecular complexity index is 1600. The number of nitrogens with two attached hydrogens (primary N) is 1. The van der Waals surface area contributed by atoms with Gasteiger partial charge in [-0.05, 0) is 74.2 Å². The SMILES string of the molecule is CC(C)(C)OC(=O)N(Cc1ccc(Br)cc1)OCCc1ccc(CN2CCN(c3cc(-c4ccccc4O)nnc3N)CC2)cc1. The lowest BCUT2D eigenvalue weighted by Gasteiger charge is -2.36. The number of phenolic OH excluding ortho intramolecular Hbond substituents is 1. The number of halogens is 1. The average molecular weight is 690 g/mol. The van der Waals surface area contributed by atoms with Gasteiger partial charge in [-0.15, -0.1) is 10.2 Å². The molecule has 4 aromatic rings. The Balaban J connectivity index is 1.12. The molecule has 0 bridgehead atoms. The highest BCUT2D eigenvalue weighted by atomic mass is 79.9. The highest BCUT2D eigenvalue weighted by Crippen LogP contribution is 2.31. The molecule has 0 atom stereocenters. The van der Waals surface area contributed by atoms with E-state index >= 15 is 0 Å². The Morgan fingerprint density at radius 3 is 2.26 bits per heavy atom. The molecule has 3 aromatic carbocycles. The molecule has 11 heteroatoms. The van der Waals surface area contributed by atoms with Crippen molar-refractivity contribution in [3.63, 3.8) is 0 Å². The molecule has 242 valence electrons. The molecule has 1 fully saturated rings. The van der Waals surface area contributed by atoms with E-state index in [2.05, 4.69) is 60.2 Å². The number of nitrogens with zero attached hydrogens (tertiary/aromatic N) is 5. The van der Waals surface area contributed by atoms with Crippen molar-refractivity contribution in [2.75, 3.05) is 43.4 Å². The molecule has 1 saturated heterocycles. The molecule has 1 aromatic heterocycles. The Hall–Kier alpha value is -4.19. The summed E-state index contributed by atoms with van der Waals surface area (Å²) >= 11 is 3.45. The van der Waals surface area contributed by atoms with Crippen LogP contribution in [0.5, 0.6) is 5.75 Å². The van der Waals surface area contributed by atoms with E-state index < -0.39 is 11.7 Å². The van der Waals surface area contributed by atoms with Gasteiger partial charge >= 0.3 is 6.09 Å². The second-order valence-corrected chi connectivity index (χ2v) is 13.2. The number of phenols is 1. The van der Waals surface area contributed by atoms with Crippen LogP contribution >= 0.6 is 15.9 Å². The van der Waals surface area contributed by atoms with E-state index in [9.17, 15) is 9.90 Å². The van der Waals surface area contributed by atoms with Crippen LogP contribution in [0.1, 0.15) is 37.5 Å². The molecular formula is C35H41BrN6O4. The number of benzene rings is 3. The van der Waals surface area contributed by atoms with Crippen LogP contribution in [0.4, 0.5) is 16.3 Å². The summed E-state index contributed by atoms with van der Waals surface area (Å²) in [5.41, 5.74) is 10.9. The van der Waals surface area contributed by atoms with E-state index in [1.54, 1.807) is 12.1 Å². The van der Waals surface area contributed by atoms with Crippen molar-refractivity contribution in [1.82, 2.24) is 20.2 Å². The fraction of sp³-hybridized carbons (Fsp3) is 0.343. The zero-order valence-electron chi connectivity index (χ0n) is 26.5. The van der Waals surface area contributed by atoms with Crippen LogP contribution in [-0.2, 0) is 29.1 Å². The van der Waals surface area contributed by atoms with Gasteiger partial charge in [0.25, 0.3) is 0 Å². The number of carbonyl (C=O) groups excluding carboxylic acids is 1. The lowest BCUT2D eigenvalue weighted by molar-refractivity contribution is -0.152. The fourth-order valence-electron chi connectivity index (χ4n) is 5.19. The second kappa shape index (κ2) is 14.9. The quantitative estimate of drug-likeness (QED) is 0.182. The molecule has 0 unspecified atom stereocenters. The number of ether oxygens (including phenoxy) is 1. The Labute approximate surface area is 278 Å². The predicted molar refractivity (Wildman–Crippen MR) is 183 cm³/mol. The summed E-state index contributed by atoms with van der Waals surface area (Å²) in [6, 6.07) is 25.3. The number of aromatic nitrogens is 2. The number of hydroxylamine groups is 2. The van der Waals surface area contributed by atoms with Gasteiger partial charge in [0.15, 0.2) is 5.82 Å². The summed E-state index contributed by atoms with van der Waals surface area (Å²) in [5.74, 6) is 0.546. The number of rotatable bonds is 10. The summed E-state index contributed by atoms with van der Waals surface area (Å²) < 4.78 is 6.55. The molecule has 1 amide bonds. The monoisotopic (exact) mass is 688 g/mol. The van der Waals surface area contributed by atoms with Gasteiger partial charge in [-0.3, -0.25) is 9.74 Å². The van der Waals surface area contributed by atoms with E-state index in [1.165, 1.54) is 10.6 Å². The van der Waals surface area contributed by atoms with Gasteiger partial charge in [-0.1, -0.05) is 64.5 Å². The van der Waals surface area contributed by atoms with Crippen molar-refractivity contribution < 1.29 is 19.5 Å². The first-order valence-corrected chi connectivity index (χ1v) is 16.2. The van der Waals surface area contributed by atoms with E-state index in [0.717, 1.165) is 54.0 Å². The highest BCUT2D eigenvalue weighted by Gasteiger charge is 2.24. The zero-order valence-corrected chi connectivity index (χ0v) is 28.1. The van der Waals surface area contributed by atoms with Crippen molar-refractivity contribution in [2.24, 2.45) is 0 Å². The van der Waals surface area contributed by atoms with Crippen molar-refractivity contribution >= 4 is 33.5 Å². The third kappa shape index (κ3) is 9.18. The van der Waals surface area contributed by atoms with Crippen LogP contribution in [0.15, 0.2) is 83.3 Å². The van der Waals surface area contributed by atoms with Crippen LogP contribution in [0.2, 0.25) is 0 Å². The second-order valence-electron chi connectivity index (χ2n) is 12.3. The van der Waals surface area contributed by atoms with Crippen LogP contribution in [0.3, 0.4) is 0 Å². The minimum Gasteiger partial charge on any atom is -0.507 e. The maximum Gasteiger partial charge on any atom is 0.434 e. The number of aromatic hydroxyl groups is 1. The number of para-hydroxylation sites is 1. The number of hydrogen-bond acceptors (Lipinski definition) is 9. The van der Waals surface area contributed by atoms with Crippen LogP contribution in [0.25, 0.3) is 11.3 Å². The highest BCUT2D eigenvalue weighted by molar-refractivity contribution is 9.10. The van der Waals surface area contributed by atoms with Gasteiger partial charge in [0, 0.05) is 42.8 Å². The summed E-state index contributed by atoms with van der Waals surface area (Å²) in [4.78, 5) is 23.4. The van der Waals surface area contributed by atoms with Crippen LogP contribution in [-0.4, -0.2) is 69.7 Å². The first kappa shape index (κ1) is 33.2. The number of nitrogen functional groups attached to an aromatic ring is 1. The number of amides is 1. The number of hydrogen-bond donors (Lipinski definition) is 2. The van der Waals surface area contributed by atoms with E-state index in [4.69, 9.17) is 15.3 Å². The molecule has 1 aliphatic rings. The molecule has 0 radical (unpaired) electrons. The predicted octanol–water partition coefficient (Wildman–Crippen LogP) is 6.43. The van der Waals surface area contributed by atoms with Gasteiger partial charge in [0.2, 0.25) is 0 Å². The summed E-state index contributed by atoms with van der Waals surface area (Å²) in [5, 5.41) is 19.9. The number of anilines is 2. The lowest BCUT2D eigenvalue weighted by atomic mass is 10.1. The Morgan fingerprint density at radius 2 is 1.59 bits per heavy atom. The average Bonchev–Trinajstić information content (AvgIpc) is 3.03. The molecule has 0 aliphatic carbocycles. The fourth-order valence-corrected chi connectivity index (χ4v) is 5.45. The molecule has 2 heterocycles. The van der Waals surface area contributed by atoms with Crippen molar-refractivity contribution in [1.29, 1.82) is 0 Å². The third-order valence-corrected chi connectivity index (χ3v) is 8.13. The Morgan fingerprint density at radius 1 is 0.935 bits per heavy atom. The molecular weight excluding hydrogens is 648 g/mol. The minimum atomic E-state index is -0.624. The standard InChI is InChI=1S/C35H41BrN6O4/c1-35(2,3)46-34(44)42(24-27-12-14-28(36)15-13-27)45-21-16-25-8-10-26(11-9-25)23-40-17-19-41(20-18-40)31-22-30(38-39-33(31)37)29-6-4-5-7-32(29)43/h4-15,22,43H,16-21,23-24H2,1-3H3,(H2,37,39). The molecule has 5 rings (SSSR count). The molecule has 3 N–H and O–H groups in total. The lowest BCUT2D eigenvalue weighted by Crippen LogP contribution is -2.46. The van der Waals surface area contributed by atoms with Gasteiger partial charge in [0.05, 0.1) is 24.5 Å². The number of carbonyl (C=O) groups is 1. The van der Waals surface area contributed by atoms with E-state index in [0.29, 0.717) is 30.1 Å². The topological polar surface area (TPSA) is 117 Å². The molecule has 0 spiro atoms. The zero-order chi connectivity index (χ0) is 32.7. The van der Waals surface area contributed by atoms with Crippen LogP contribution in [0, 0.1) is 0 Å². The molecule has 46 heavy (non-hydrogen) atoms. The van der Waals surface area contributed by atoms with Crippen molar-refractivity contribution in [2.45, 2.75) is 45.9 Å². The maximum absolute atomic E-state index is 12.9. The molecule has 10 nitrogen and oxygen atoms in total. The Kier molecular flexibility index (Phi) is 10.8. The molecule has 1 aliphatic heterocycles. The van der Waals surface area contributed by atoms with Crippen molar-refractivity contribution in [3.8, 4) is 17.0 Å². The third-order valence-electron chi connectivity index (χ3n) is 7.60. The maximum atomic E-state index is 12.9. The van der Waals surface area contributed by atoms with Gasteiger partial charge in [-0.2, -0.15) is 5.06 Å². The number of piperazine rings is 1. The normalized spacial score (nSPS) is 13.9. The van der Waals surface area contributed by atoms with Gasteiger partial charge in [-0.25, -0.2) is 4.79 Å². The summed E-state index contributed by atoms with van der Waals surface area (Å²) in [6.45, 7) is 10.4. The van der Waals surface area contributed by atoms with Crippen molar-refractivity contribution in [3.05, 3.63) is 100 Å². The minimum absolute atomic E-state index is 0.162. The van der Waals surface area contributed by atoms with E-state index in [1.807, 2.05) is 63.2 Å². The van der Waals surface area contributed by atoms with Gasteiger partial charge in [0.1, 0.15) is 11.4 Å². The van der Waals surface area contributed by atoms with Gasteiger partial charge < -0.3 is 20.5 Å². The first-order chi connectivity index (χ1) is 22.0. The summed E-state index contributed by atoms with van der Waals surface area (Å²) in [7, 11) is 0. The summed E-state index contributed by atoms with van der Waals surface area (Å²) in [6.07, 6.45) is 0.146. The largest absolute Gasteiger partial charge is 0.507 e. The smallest absolute Gasteiger partial charge is 0.434 e. The molecule has 0 saturated carbocycles.